The SMILES string of the molecule is COc1ccc(-c2cnnc(-n3nc(C)c4c3NC(=O)C[C@H]4c3ccccc3C)n2)cc1. The van der Waals surface area contributed by atoms with Gasteiger partial charge < -0.3 is 10.1 Å². The lowest BCUT2D eigenvalue weighted by Crippen LogP contribution is -2.25. The first kappa shape index (κ1) is 19.9. The van der Waals surface area contributed by atoms with Crippen molar-refractivity contribution in [1.82, 2.24) is 25.0 Å². The number of aromatic nitrogens is 5. The molecule has 1 aliphatic rings. The van der Waals surface area contributed by atoms with Crippen molar-refractivity contribution in [2.45, 2.75) is 26.2 Å². The average Bonchev–Trinajstić information content (AvgIpc) is 3.15. The van der Waals surface area contributed by atoms with E-state index in [-0.39, 0.29) is 11.8 Å². The summed E-state index contributed by atoms with van der Waals surface area (Å²) in [6.45, 7) is 4.01. The standard InChI is InChI=1S/C24H22N6O2/c1-14-6-4-5-7-18(14)19-12-21(31)27-23-22(19)15(2)29-30(23)24-26-20(13-25-28-24)16-8-10-17(32-3)11-9-16/h4-11,13,19H,12H2,1-3H3,(H,27,31)/t19-/m0/s1. The Bertz CT molecular complexity index is 1310. The maximum Gasteiger partial charge on any atom is 0.272 e. The number of fused-ring (bicyclic) bond motifs is 1. The van der Waals surface area contributed by atoms with Gasteiger partial charge in [0.05, 0.1) is 24.7 Å². The smallest absolute Gasteiger partial charge is 0.272 e. The molecule has 4 aromatic rings. The summed E-state index contributed by atoms with van der Waals surface area (Å²) in [7, 11) is 1.63. The lowest BCUT2D eigenvalue weighted by atomic mass is 9.84. The van der Waals surface area contributed by atoms with Crippen molar-refractivity contribution in [2.24, 2.45) is 0 Å². The first-order valence-corrected chi connectivity index (χ1v) is 10.3. The Labute approximate surface area is 185 Å². The molecular weight excluding hydrogens is 404 g/mol. The first-order chi connectivity index (χ1) is 15.5. The Morgan fingerprint density at radius 3 is 2.62 bits per heavy atom. The fourth-order valence-corrected chi connectivity index (χ4v) is 4.22. The molecule has 1 N–H and O–H groups in total. The predicted octanol–water partition coefficient (Wildman–Crippen LogP) is 3.82. The van der Waals surface area contributed by atoms with Crippen molar-refractivity contribution in [3.05, 3.63) is 77.1 Å². The van der Waals surface area contributed by atoms with Gasteiger partial charge in [-0.25, -0.2) is 4.98 Å². The van der Waals surface area contributed by atoms with E-state index in [9.17, 15) is 4.79 Å². The molecule has 32 heavy (non-hydrogen) atoms. The molecule has 5 rings (SSSR count). The van der Waals surface area contributed by atoms with Crippen LogP contribution in [0.5, 0.6) is 5.75 Å². The molecule has 8 nitrogen and oxygen atoms in total. The molecule has 8 heteroatoms. The Balaban J connectivity index is 1.60. The van der Waals surface area contributed by atoms with Crippen molar-refractivity contribution >= 4 is 11.7 Å². The van der Waals surface area contributed by atoms with E-state index >= 15 is 0 Å². The van der Waals surface area contributed by atoms with E-state index in [1.807, 2.05) is 43.3 Å². The minimum atomic E-state index is -0.0774. The van der Waals surface area contributed by atoms with Crippen LogP contribution in [0.15, 0.2) is 54.7 Å². The summed E-state index contributed by atoms with van der Waals surface area (Å²) >= 11 is 0. The van der Waals surface area contributed by atoms with Crippen LogP contribution in [-0.2, 0) is 4.79 Å². The van der Waals surface area contributed by atoms with Crippen molar-refractivity contribution in [3.63, 3.8) is 0 Å². The van der Waals surface area contributed by atoms with Crippen LogP contribution in [0.1, 0.15) is 34.7 Å². The maximum absolute atomic E-state index is 12.6. The molecule has 0 radical (unpaired) electrons. The summed E-state index contributed by atoms with van der Waals surface area (Å²) in [6.07, 6.45) is 1.97. The molecule has 3 heterocycles. The van der Waals surface area contributed by atoms with E-state index in [0.717, 1.165) is 33.7 Å². The second-order valence-electron chi connectivity index (χ2n) is 7.79. The molecule has 0 spiro atoms. The monoisotopic (exact) mass is 426 g/mol. The van der Waals surface area contributed by atoms with E-state index in [4.69, 9.17) is 4.74 Å². The predicted molar refractivity (Wildman–Crippen MR) is 120 cm³/mol. The molecule has 0 aliphatic carbocycles. The van der Waals surface area contributed by atoms with E-state index in [0.29, 0.717) is 23.9 Å². The van der Waals surface area contributed by atoms with Gasteiger partial charge in [-0.2, -0.15) is 14.9 Å². The third-order valence-electron chi connectivity index (χ3n) is 5.79. The average molecular weight is 426 g/mol. The maximum atomic E-state index is 12.6. The summed E-state index contributed by atoms with van der Waals surface area (Å²) < 4.78 is 6.80. The van der Waals surface area contributed by atoms with Gasteiger partial charge in [-0.1, -0.05) is 24.3 Å². The van der Waals surface area contributed by atoms with Crippen molar-refractivity contribution in [3.8, 4) is 23.0 Å². The van der Waals surface area contributed by atoms with E-state index in [1.54, 1.807) is 18.0 Å². The van der Waals surface area contributed by atoms with Gasteiger partial charge in [0.2, 0.25) is 5.91 Å². The molecule has 1 amide bonds. The summed E-state index contributed by atoms with van der Waals surface area (Å²) in [5.41, 5.74) is 5.60. The van der Waals surface area contributed by atoms with Crippen molar-refractivity contribution in [1.29, 1.82) is 0 Å². The first-order valence-electron chi connectivity index (χ1n) is 10.3. The fourth-order valence-electron chi connectivity index (χ4n) is 4.22. The van der Waals surface area contributed by atoms with Crippen LogP contribution in [0.2, 0.25) is 0 Å². The van der Waals surface area contributed by atoms with Gasteiger partial charge in [-0.05, 0) is 49.2 Å². The number of nitrogens with zero attached hydrogens (tertiary/aromatic N) is 5. The lowest BCUT2D eigenvalue weighted by Gasteiger charge is -2.25. The summed E-state index contributed by atoms with van der Waals surface area (Å²) in [6, 6.07) is 15.7. The van der Waals surface area contributed by atoms with Crippen LogP contribution >= 0.6 is 0 Å². The molecule has 0 bridgehead atoms. The number of anilines is 1. The molecule has 1 atom stereocenters. The van der Waals surface area contributed by atoms with Crippen molar-refractivity contribution < 1.29 is 9.53 Å². The van der Waals surface area contributed by atoms with Gasteiger partial charge in [-0.3, -0.25) is 4.79 Å². The number of aryl methyl sites for hydroxylation is 2. The zero-order valence-electron chi connectivity index (χ0n) is 18.0. The minimum absolute atomic E-state index is 0.0637. The summed E-state index contributed by atoms with van der Waals surface area (Å²) in [5.74, 6) is 1.52. The molecule has 160 valence electrons. The summed E-state index contributed by atoms with van der Waals surface area (Å²) in [5, 5.41) is 16.0. The van der Waals surface area contributed by atoms with Crippen LogP contribution in [0.3, 0.4) is 0 Å². The van der Waals surface area contributed by atoms with E-state index in [1.165, 1.54) is 0 Å². The van der Waals surface area contributed by atoms with E-state index in [2.05, 4.69) is 44.7 Å². The lowest BCUT2D eigenvalue weighted by molar-refractivity contribution is -0.116. The number of benzene rings is 2. The molecule has 0 unspecified atom stereocenters. The second-order valence-corrected chi connectivity index (χ2v) is 7.79. The minimum Gasteiger partial charge on any atom is -0.497 e. The highest BCUT2D eigenvalue weighted by atomic mass is 16.5. The zero-order valence-corrected chi connectivity index (χ0v) is 18.0. The van der Waals surface area contributed by atoms with Crippen LogP contribution in [0, 0.1) is 13.8 Å². The van der Waals surface area contributed by atoms with Crippen LogP contribution in [0.4, 0.5) is 5.82 Å². The van der Waals surface area contributed by atoms with Crippen molar-refractivity contribution in [2.75, 3.05) is 12.4 Å². The third kappa shape index (κ3) is 3.39. The number of carbonyl (C=O) groups is 1. The van der Waals surface area contributed by atoms with E-state index < -0.39 is 0 Å². The largest absolute Gasteiger partial charge is 0.497 e. The van der Waals surface area contributed by atoms with Gasteiger partial charge in [0.1, 0.15) is 11.6 Å². The zero-order chi connectivity index (χ0) is 22.2. The number of ether oxygens (including phenoxy) is 1. The number of hydrogen-bond donors (Lipinski definition) is 1. The molecule has 1 aliphatic heterocycles. The topological polar surface area (TPSA) is 94.8 Å². The number of carbonyl (C=O) groups excluding carboxylic acids is 1. The second kappa shape index (κ2) is 7.88. The van der Waals surface area contributed by atoms with Gasteiger partial charge in [0.15, 0.2) is 0 Å². The van der Waals surface area contributed by atoms with Gasteiger partial charge >= 0.3 is 0 Å². The molecule has 0 fully saturated rings. The van der Waals surface area contributed by atoms with Gasteiger partial charge in [0, 0.05) is 23.5 Å². The molecule has 2 aromatic carbocycles. The quantitative estimate of drug-likeness (QED) is 0.533. The third-order valence-corrected chi connectivity index (χ3v) is 5.79. The number of amides is 1. The number of rotatable bonds is 4. The summed E-state index contributed by atoms with van der Waals surface area (Å²) in [4.78, 5) is 17.3. The normalized spacial score (nSPS) is 15.2. The number of hydrogen-bond acceptors (Lipinski definition) is 6. The Morgan fingerprint density at radius 1 is 1.09 bits per heavy atom. The van der Waals surface area contributed by atoms with Gasteiger partial charge in [-0.15, -0.1) is 5.10 Å². The van der Waals surface area contributed by atoms with Gasteiger partial charge in [0.25, 0.3) is 5.95 Å². The molecule has 2 aromatic heterocycles. The fraction of sp³-hybridized carbons (Fsp3) is 0.208. The number of methoxy groups -OCH3 is 1. The Morgan fingerprint density at radius 2 is 1.88 bits per heavy atom. The van der Waals surface area contributed by atoms with Crippen LogP contribution in [0.25, 0.3) is 17.2 Å². The molecular formula is C24H22N6O2. The Hall–Kier alpha value is -4.07. The highest BCUT2D eigenvalue weighted by Crippen LogP contribution is 2.40. The highest BCUT2D eigenvalue weighted by Gasteiger charge is 2.33. The van der Waals surface area contributed by atoms with Crippen LogP contribution < -0.4 is 10.1 Å². The highest BCUT2D eigenvalue weighted by molar-refractivity contribution is 5.95. The Kier molecular flexibility index (Phi) is 4.89. The molecule has 0 saturated carbocycles. The number of nitrogens with one attached hydrogen (secondary N) is 1. The molecule has 0 saturated heterocycles. The van der Waals surface area contributed by atoms with Crippen LogP contribution in [-0.4, -0.2) is 38.0 Å².